The molecule has 0 aliphatic rings. The van der Waals surface area contributed by atoms with Crippen LogP contribution in [0.25, 0.3) is 0 Å². The van der Waals surface area contributed by atoms with Crippen molar-refractivity contribution in [3.63, 3.8) is 0 Å². The largest absolute Gasteiger partial charge is 0.382 e. The summed E-state index contributed by atoms with van der Waals surface area (Å²) >= 11 is 5.74. The van der Waals surface area contributed by atoms with Crippen molar-refractivity contribution in [2.45, 2.75) is 19.4 Å². The minimum Gasteiger partial charge on any atom is -0.382 e. The molecular weight excluding hydrogens is 229 g/mol. The van der Waals surface area contributed by atoms with Gasteiger partial charge in [-0.2, -0.15) is 0 Å². The molecule has 1 unspecified atom stereocenters. The molecule has 0 fully saturated rings. The first-order chi connectivity index (χ1) is 7.69. The van der Waals surface area contributed by atoms with Gasteiger partial charge in [0.05, 0.1) is 5.02 Å². The molecule has 0 aromatic heterocycles. The van der Waals surface area contributed by atoms with E-state index in [0.717, 1.165) is 12.0 Å². The van der Waals surface area contributed by atoms with E-state index < -0.39 is 0 Å². The summed E-state index contributed by atoms with van der Waals surface area (Å²) in [5.41, 5.74) is 0.980. The fourth-order valence-electron chi connectivity index (χ4n) is 1.55. The van der Waals surface area contributed by atoms with Gasteiger partial charge in [-0.3, -0.25) is 0 Å². The summed E-state index contributed by atoms with van der Waals surface area (Å²) in [5.74, 6) is -0.384. The van der Waals surface area contributed by atoms with Crippen molar-refractivity contribution in [1.29, 1.82) is 0 Å². The summed E-state index contributed by atoms with van der Waals surface area (Å²) in [5, 5.41) is 3.32. The van der Waals surface area contributed by atoms with E-state index in [9.17, 15) is 4.39 Å². The van der Waals surface area contributed by atoms with Crippen molar-refractivity contribution >= 4 is 11.6 Å². The molecule has 16 heavy (non-hydrogen) atoms. The molecule has 0 aliphatic carbocycles. The van der Waals surface area contributed by atoms with Crippen molar-refractivity contribution in [3.8, 4) is 0 Å². The molecule has 0 saturated heterocycles. The molecular formula is C12H17ClFNO. The normalized spacial score (nSPS) is 12.8. The molecule has 0 radical (unpaired) electrons. The molecule has 1 rings (SSSR count). The van der Waals surface area contributed by atoms with Crippen LogP contribution in [0.3, 0.4) is 0 Å². The Balaban J connectivity index is 2.67. The Hall–Kier alpha value is -0.640. The second-order valence-electron chi connectivity index (χ2n) is 3.50. The topological polar surface area (TPSA) is 21.3 Å². The van der Waals surface area contributed by atoms with Gasteiger partial charge in [0.2, 0.25) is 0 Å². The molecule has 0 spiro atoms. The van der Waals surface area contributed by atoms with Crippen LogP contribution >= 0.6 is 11.6 Å². The van der Waals surface area contributed by atoms with Crippen LogP contribution in [0.4, 0.5) is 4.39 Å². The molecule has 90 valence electrons. The van der Waals surface area contributed by atoms with E-state index in [-0.39, 0.29) is 16.9 Å². The predicted molar refractivity (Wildman–Crippen MR) is 64.3 cm³/mol. The van der Waals surface area contributed by atoms with Crippen molar-refractivity contribution in [2.24, 2.45) is 0 Å². The zero-order chi connectivity index (χ0) is 12.0. The quantitative estimate of drug-likeness (QED) is 0.778. The van der Waals surface area contributed by atoms with E-state index in [1.807, 2.05) is 14.0 Å². The third-order valence-corrected chi connectivity index (χ3v) is 2.74. The fourth-order valence-corrected chi connectivity index (χ4v) is 1.74. The lowest BCUT2D eigenvalue weighted by atomic mass is 10.0. The van der Waals surface area contributed by atoms with Gasteiger partial charge in [-0.1, -0.05) is 17.7 Å². The van der Waals surface area contributed by atoms with Crippen LogP contribution in [-0.2, 0) is 4.74 Å². The maximum absolute atomic E-state index is 13.0. The molecule has 0 saturated carbocycles. The van der Waals surface area contributed by atoms with Gasteiger partial charge in [0, 0.05) is 19.3 Å². The van der Waals surface area contributed by atoms with Gasteiger partial charge in [0.15, 0.2) is 0 Å². The van der Waals surface area contributed by atoms with Gasteiger partial charge >= 0.3 is 0 Å². The van der Waals surface area contributed by atoms with Crippen LogP contribution in [-0.4, -0.2) is 20.3 Å². The van der Waals surface area contributed by atoms with Crippen LogP contribution in [0.5, 0.6) is 0 Å². The van der Waals surface area contributed by atoms with E-state index in [1.54, 1.807) is 12.1 Å². The molecule has 0 heterocycles. The van der Waals surface area contributed by atoms with Gasteiger partial charge in [0.25, 0.3) is 0 Å². The predicted octanol–water partition coefficient (Wildman–Crippen LogP) is 3.17. The average molecular weight is 246 g/mol. The Morgan fingerprint density at radius 1 is 1.50 bits per heavy atom. The Kier molecular flexibility index (Phi) is 5.74. The SMILES string of the molecule is CCOCCC(NC)c1ccc(F)c(Cl)c1. The van der Waals surface area contributed by atoms with Gasteiger partial charge < -0.3 is 10.1 Å². The molecule has 1 aromatic carbocycles. The molecule has 0 bridgehead atoms. The van der Waals surface area contributed by atoms with E-state index in [2.05, 4.69) is 5.32 Å². The highest BCUT2D eigenvalue weighted by molar-refractivity contribution is 6.30. The molecule has 1 atom stereocenters. The summed E-state index contributed by atoms with van der Waals surface area (Å²) in [6.45, 7) is 3.35. The van der Waals surface area contributed by atoms with Crippen molar-refractivity contribution in [3.05, 3.63) is 34.6 Å². The highest BCUT2D eigenvalue weighted by Gasteiger charge is 2.10. The number of nitrogens with one attached hydrogen (secondary N) is 1. The monoisotopic (exact) mass is 245 g/mol. The highest BCUT2D eigenvalue weighted by Crippen LogP contribution is 2.22. The third-order valence-electron chi connectivity index (χ3n) is 2.45. The van der Waals surface area contributed by atoms with E-state index >= 15 is 0 Å². The van der Waals surface area contributed by atoms with Crippen molar-refractivity contribution in [2.75, 3.05) is 20.3 Å². The van der Waals surface area contributed by atoms with E-state index in [0.29, 0.717) is 13.2 Å². The van der Waals surface area contributed by atoms with Gasteiger partial charge in [-0.25, -0.2) is 4.39 Å². The van der Waals surface area contributed by atoms with Crippen LogP contribution in [0.2, 0.25) is 5.02 Å². The van der Waals surface area contributed by atoms with Gasteiger partial charge in [0.1, 0.15) is 5.82 Å². The molecule has 2 nitrogen and oxygen atoms in total. The zero-order valence-electron chi connectivity index (χ0n) is 9.59. The lowest BCUT2D eigenvalue weighted by Gasteiger charge is -2.16. The first-order valence-corrected chi connectivity index (χ1v) is 5.76. The second-order valence-corrected chi connectivity index (χ2v) is 3.91. The smallest absolute Gasteiger partial charge is 0.141 e. The molecule has 0 aliphatic heterocycles. The summed E-state index contributed by atoms with van der Waals surface area (Å²) < 4.78 is 18.3. The molecule has 1 aromatic rings. The fraction of sp³-hybridized carbons (Fsp3) is 0.500. The standard InChI is InChI=1S/C12H17ClFNO/c1-3-16-7-6-12(15-2)9-4-5-11(14)10(13)8-9/h4-5,8,12,15H,3,6-7H2,1-2H3. The van der Waals surface area contributed by atoms with Crippen molar-refractivity contribution < 1.29 is 9.13 Å². The van der Waals surface area contributed by atoms with E-state index in [4.69, 9.17) is 16.3 Å². The molecule has 0 amide bonds. The van der Waals surface area contributed by atoms with Crippen LogP contribution < -0.4 is 5.32 Å². The number of halogens is 2. The van der Waals surface area contributed by atoms with Crippen molar-refractivity contribution in [1.82, 2.24) is 5.32 Å². The number of benzene rings is 1. The summed E-state index contributed by atoms with van der Waals surface area (Å²) in [6.07, 6.45) is 0.840. The number of ether oxygens (including phenoxy) is 1. The van der Waals surface area contributed by atoms with Crippen LogP contribution in [0, 0.1) is 5.82 Å². The number of hydrogen-bond donors (Lipinski definition) is 1. The minimum absolute atomic E-state index is 0.143. The maximum atomic E-state index is 13.0. The summed E-state index contributed by atoms with van der Waals surface area (Å²) in [7, 11) is 1.87. The average Bonchev–Trinajstić information content (AvgIpc) is 2.29. The number of rotatable bonds is 6. The van der Waals surface area contributed by atoms with Gasteiger partial charge in [-0.15, -0.1) is 0 Å². The first-order valence-electron chi connectivity index (χ1n) is 5.39. The minimum atomic E-state index is -0.384. The van der Waals surface area contributed by atoms with E-state index in [1.165, 1.54) is 6.07 Å². The second kappa shape index (κ2) is 6.84. The lowest BCUT2D eigenvalue weighted by molar-refractivity contribution is 0.137. The van der Waals surface area contributed by atoms with Crippen LogP contribution in [0.1, 0.15) is 24.9 Å². The Morgan fingerprint density at radius 2 is 2.25 bits per heavy atom. The Bertz CT molecular complexity index is 333. The van der Waals surface area contributed by atoms with Crippen LogP contribution in [0.15, 0.2) is 18.2 Å². The first kappa shape index (κ1) is 13.4. The Morgan fingerprint density at radius 3 is 2.81 bits per heavy atom. The number of hydrogen-bond acceptors (Lipinski definition) is 2. The molecule has 4 heteroatoms. The lowest BCUT2D eigenvalue weighted by Crippen LogP contribution is -2.18. The molecule has 1 N–H and O–H groups in total. The highest BCUT2D eigenvalue weighted by atomic mass is 35.5. The maximum Gasteiger partial charge on any atom is 0.141 e. The van der Waals surface area contributed by atoms with Gasteiger partial charge in [-0.05, 0) is 38.1 Å². The summed E-state index contributed by atoms with van der Waals surface area (Å²) in [6, 6.07) is 4.94. The Labute approximate surface area is 101 Å². The zero-order valence-corrected chi connectivity index (χ0v) is 10.4. The third kappa shape index (κ3) is 3.74. The summed E-state index contributed by atoms with van der Waals surface area (Å²) in [4.78, 5) is 0.